The van der Waals surface area contributed by atoms with Crippen LogP contribution < -0.4 is 11.3 Å². The predicted molar refractivity (Wildman–Crippen MR) is 68.9 cm³/mol. The first kappa shape index (κ1) is 13.1. The number of hydrogen-bond acceptors (Lipinski definition) is 4. The minimum Gasteiger partial charge on any atom is -0.271 e. The molecule has 0 spiro atoms. The third-order valence-corrected chi connectivity index (χ3v) is 3.09. The van der Waals surface area contributed by atoms with Crippen molar-refractivity contribution in [1.29, 1.82) is 0 Å². The SMILES string of the molecule is Cn1cc(CC(NN)c2cc(Br)ccc2F)nn1. The molecule has 1 atom stereocenters. The van der Waals surface area contributed by atoms with Crippen LogP contribution in [0.3, 0.4) is 0 Å². The molecule has 0 bridgehead atoms. The molecule has 96 valence electrons. The van der Waals surface area contributed by atoms with E-state index in [0.717, 1.165) is 10.2 Å². The first-order chi connectivity index (χ1) is 8.60. The van der Waals surface area contributed by atoms with Crippen molar-refractivity contribution < 1.29 is 4.39 Å². The Balaban J connectivity index is 2.25. The van der Waals surface area contributed by atoms with Crippen molar-refractivity contribution in [2.75, 3.05) is 0 Å². The van der Waals surface area contributed by atoms with Crippen molar-refractivity contribution in [1.82, 2.24) is 20.4 Å². The summed E-state index contributed by atoms with van der Waals surface area (Å²) in [7, 11) is 1.78. The largest absolute Gasteiger partial charge is 0.271 e. The van der Waals surface area contributed by atoms with Crippen LogP contribution in [0.1, 0.15) is 17.3 Å². The smallest absolute Gasteiger partial charge is 0.128 e. The summed E-state index contributed by atoms with van der Waals surface area (Å²) in [4.78, 5) is 0. The maximum atomic E-state index is 13.8. The number of nitrogens with zero attached hydrogens (tertiary/aromatic N) is 3. The molecule has 5 nitrogen and oxygen atoms in total. The van der Waals surface area contributed by atoms with Gasteiger partial charge in [-0.05, 0) is 18.2 Å². The zero-order valence-corrected chi connectivity index (χ0v) is 11.4. The van der Waals surface area contributed by atoms with Gasteiger partial charge in [0.15, 0.2) is 0 Å². The van der Waals surface area contributed by atoms with Gasteiger partial charge in [-0.25, -0.2) is 4.39 Å². The second-order valence-corrected chi connectivity index (χ2v) is 4.89. The van der Waals surface area contributed by atoms with Crippen molar-refractivity contribution >= 4 is 15.9 Å². The van der Waals surface area contributed by atoms with Gasteiger partial charge in [-0.1, -0.05) is 21.1 Å². The van der Waals surface area contributed by atoms with E-state index in [9.17, 15) is 4.39 Å². The molecule has 1 unspecified atom stereocenters. The summed E-state index contributed by atoms with van der Waals surface area (Å²) in [6, 6.07) is 4.41. The van der Waals surface area contributed by atoms with Gasteiger partial charge >= 0.3 is 0 Å². The monoisotopic (exact) mass is 313 g/mol. The number of benzene rings is 1. The molecule has 0 aliphatic heterocycles. The molecule has 7 heteroatoms. The number of halogens is 2. The Kier molecular flexibility index (Phi) is 4.05. The van der Waals surface area contributed by atoms with Crippen LogP contribution in [-0.4, -0.2) is 15.0 Å². The van der Waals surface area contributed by atoms with E-state index in [1.807, 2.05) is 0 Å². The van der Waals surface area contributed by atoms with Gasteiger partial charge in [0, 0.05) is 29.7 Å². The number of hydrogen-bond donors (Lipinski definition) is 2. The number of aryl methyl sites for hydroxylation is 1. The van der Waals surface area contributed by atoms with Crippen LogP contribution in [0.25, 0.3) is 0 Å². The van der Waals surface area contributed by atoms with Crippen LogP contribution in [-0.2, 0) is 13.5 Å². The van der Waals surface area contributed by atoms with Crippen LogP contribution in [0.4, 0.5) is 4.39 Å². The summed E-state index contributed by atoms with van der Waals surface area (Å²) in [5.41, 5.74) is 3.85. The van der Waals surface area contributed by atoms with Gasteiger partial charge in [0.05, 0.1) is 11.7 Å². The Morgan fingerprint density at radius 1 is 1.56 bits per heavy atom. The molecule has 0 aliphatic carbocycles. The standard InChI is InChI=1S/C11H13BrFN5/c1-18-6-8(16-17-18)5-11(15-14)9-4-7(12)2-3-10(9)13/h2-4,6,11,15H,5,14H2,1H3. The first-order valence-electron chi connectivity index (χ1n) is 5.36. The number of rotatable bonds is 4. The lowest BCUT2D eigenvalue weighted by Crippen LogP contribution is -2.30. The maximum absolute atomic E-state index is 13.8. The molecule has 0 aliphatic rings. The van der Waals surface area contributed by atoms with Crippen molar-refractivity contribution in [2.45, 2.75) is 12.5 Å². The van der Waals surface area contributed by atoms with E-state index in [2.05, 4.69) is 31.7 Å². The van der Waals surface area contributed by atoms with Gasteiger partial charge in [0.25, 0.3) is 0 Å². The summed E-state index contributed by atoms with van der Waals surface area (Å²) in [6.45, 7) is 0. The van der Waals surface area contributed by atoms with E-state index in [0.29, 0.717) is 12.0 Å². The molecule has 1 aromatic heterocycles. The molecule has 3 N–H and O–H groups in total. The molecule has 1 aromatic carbocycles. The average Bonchev–Trinajstić information content (AvgIpc) is 2.75. The fraction of sp³-hybridized carbons (Fsp3) is 0.273. The Labute approximate surface area is 112 Å². The molecule has 0 radical (unpaired) electrons. The molecule has 0 saturated carbocycles. The van der Waals surface area contributed by atoms with Crippen molar-refractivity contribution in [2.24, 2.45) is 12.9 Å². The third kappa shape index (κ3) is 2.92. The lowest BCUT2D eigenvalue weighted by atomic mass is 10.0. The van der Waals surface area contributed by atoms with Gasteiger partial charge in [0.1, 0.15) is 5.82 Å². The van der Waals surface area contributed by atoms with Crippen LogP contribution in [0, 0.1) is 5.82 Å². The topological polar surface area (TPSA) is 68.8 Å². The van der Waals surface area contributed by atoms with Gasteiger partial charge in [-0.2, -0.15) is 0 Å². The van der Waals surface area contributed by atoms with Gasteiger partial charge in [-0.3, -0.25) is 16.0 Å². The minimum absolute atomic E-state index is 0.301. The van der Waals surface area contributed by atoms with Crippen molar-refractivity contribution in [3.8, 4) is 0 Å². The van der Waals surface area contributed by atoms with E-state index >= 15 is 0 Å². The van der Waals surface area contributed by atoms with Gasteiger partial charge < -0.3 is 0 Å². The van der Waals surface area contributed by atoms with E-state index < -0.39 is 0 Å². The fourth-order valence-electron chi connectivity index (χ4n) is 1.74. The lowest BCUT2D eigenvalue weighted by Gasteiger charge is -2.16. The van der Waals surface area contributed by atoms with E-state index in [-0.39, 0.29) is 11.9 Å². The highest BCUT2D eigenvalue weighted by Crippen LogP contribution is 2.23. The fourth-order valence-corrected chi connectivity index (χ4v) is 2.12. The number of aromatic nitrogens is 3. The summed E-state index contributed by atoms with van der Waals surface area (Å²) in [5.74, 6) is 5.19. The molecule has 2 rings (SSSR count). The number of nitrogens with one attached hydrogen (secondary N) is 1. The second-order valence-electron chi connectivity index (χ2n) is 3.97. The maximum Gasteiger partial charge on any atom is 0.128 e. The molecule has 0 amide bonds. The summed E-state index contributed by atoms with van der Waals surface area (Å²) in [6.07, 6.45) is 2.25. The average molecular weight is 314 g/mol. The highest BCUT2D eigenvalue weighted by atomic mass is 79.9. The normalized spacial score (nSPS) is 12.7. The molecule has 2 aromatic rings. The molecular formula is C11H13BrFN5. The quantitative estimate of drug-likeness (QED) is 0.662. The molecule has 0 fully saturated rings. The van der Waals surface area contributed by atoms with Crippen molar-refractivity contribution in [3.05, 3.63) is 45.9 Å². The van der Waals surface area contributed by atoms with E-state index in [4.69, 9.17) is 5.84 Å². The van der Waals surface area contributed by atoms with Crippen LogP contribution >= 0.6 is 15.9 Å². The molecule has 0 saturated heterocycles. The van der Waals surface area contributed by atoms with Crippen LogP contribution in [0.5, 0.6) is 0 Å². The summed E-state index contributed by atoms with van der Waals surface area (Å²) in [5, 5.41) is 7.80. The summed E-state index contributed by atoms with van der Waals surface area (Å²) < 4.78 is 16.2. The molecular weight excluding hydrogens is 301 g/mol. The first-order valence-corrected chi connectivity index (χ1v) is 6.15. The predicted octanol–water partition coefficient (Wildman–Crippen LogP) is 1.46. The zero-order valence-electron chi connectivity index (χ0n) is 9.77. The Bertz CT molecular complexity index is 542. The lowest BCUT2D eigenvalue weighted by molar-refractivity contribution is 0.506. The Morgan fingerprint density at radius 3 is 2.94 bits per heavy atom. The zero-order chi connectivity index (χ0) is 13.1. The Morgan fingerprint density at radius 2 is 2.33 bits per heavy atom. The highest BCUT2D eigenvalue weighted by Gasteiger charge is 2.17. The Hall–Kier alpha value is -1.31. The molecule has 1 heterocycles. The third-order valence-electron chi connectivity index (χ3n) is 2.60. The number of nitrogens with two attached hydrogens (primary N) is 1. The summed E-state index contributed by atoms with van der Waals surface area (Å²) >= 11 is 3.32. The minimum atomic E-state index is -0.348. The second kappa shape index (κ2) is 5.55. The van der Waals surface area contributed by atoms with Gasteiger partial charge in [0.2, 0.25) is 0 Å². The van der Waals surface area contributed by atoms with Crippen molar-refractivity contribution in [3.63, 3.8) is 0 Å². The highest BCUT2D eigenvalue weighted by molar-refractivity contribution is 9.10. The molecule has 18 heavy (non-hydrogen) atoms. The van der Waals surface area contributed by atoms with E-state index in [1.54, 1.807) is 30.1 Å². The van der Waals surface area contributed by atoms with Crippen LogP contribution in [0.15, 0.2) is 28.9 Å². The van der Waals surface area contributed by atoms with E-state index in [1.165, 1.54) is 6.07 Å². The van der Waals surface area contributed by atoms with Crippen LogP contribution in [0.2, 0.25) is 0 Å². The van der Waals surface area contributed by atoms with Gasteiger partial charge in [-0.15, -0.1) is 5.10 Å². The number of hydrazine groups is 1.